The van der Waals surface area contributed by atoms with Gasteiger partial charge in [-0.3, -0.25) is 4.79 Å². The monoisotopic (exact) mass is 381 g/mol. The summed E-state index contributed by atoms with van der Waals surface area (Å²) in [5, 5.41) is 61.4. The van der Waals surface area contributed by atoms with E-state index in [0.29, 0.717) is 0 Å². The van der Waals surface area contributed by atoms with Gasteiger partial charge >= 0.3 is 0 Å². The fourth-order valence-corrected chi connectivity index (χ4v) is 3.22. The van der Waals surface area contributed by atoms with Crippen molar-refractivity contribution in [2.24, 2.45) is 0 Å². The topological polar surface area (TPSA) is 178 Å². The number of amides is 1. The molecule has 1 amide bonds. The van der Waals surface area contributed by atoms with Crippen molar-refractivity contribution in [2.75, 3.05) is 13.2 Å². The van der Waals surface area contributed by atoms with E-state index in [-0.39, 0.29) is 0 Å². The second-order valence-corrected chi connectivity index (χ2v) is 6.58. The van der Waals surface area contributed by atoms with Crippen LogP contribution in [0.3, 0.4) is 0 Å². The van der Waals surface area contributed by atoms with E-state index in [2.05, 4.69) is 5.32 Å². The molecule has 2 aliphatic heterocycles. The lowest BCUT2D eigenvalue weighted by Gasteiger charge is -2.47. The van der Waals surface area contributed by atoms with Gasteiger partial charge in [-0.15, -0.1) is 0 Å². The smallest absolute Gasteiger partial charge is 0.217 e. The van der Waals surface area contributed by atoms with Gasteiger partial charge in [-0.2, -0.15) is 0 Å². The van der Waals surface area contributed by atoms with E-state index >= 15 is 0 Å². The number of hydrogen-bond acceptors (Lipinski definition) is 10. The molecule has 0 radical (unpaired) electrons. The summed E-state index contributed by atoms with van der Waals surface area (Å²) in [6.07, 6.45) is -11.7. The minimum Gasteiger partial charge on any atom is -0.394 e. The molecular formula is C15H27NO10. The van der Waals surface area contributed by atoms with E-state index < -0.39 is 80.3 Å². The van der Waals surface area contributed by atoms with E-state index in [4.69, 9.17) is 14.2 Å². The fraction of sp³-hybridized carbons (Fsp3) is 0.933. The second-order valence-electron chi connectivity index (χ2n) is 6.58. The molecule has 0 aromatic carbocycles. The van der Waals surface area contributed by atoms with Gasteiger partial charge in [0.25, 0.3) is 0 Å². The molecule has 7 N–H and O–H groups in total. The predicted molar refractivity (Wildman–Crippen MR) is 83.7 cm³/mol. The predicted octanol–water partition coefficient (Wildman–Crippen LogP) is -4.18. The number of carbonyl (C=O) groups is 1. The maximum atomic E-state index is 11.5. The Morgan fingerprint density at radius 1 is 0.962 bits per heavy atom. The minimum absolute atomic E-state index is 0.414. The molecule has 26 heavy (non-hydrogen) atoms. The third-order valence-corrected chi connectivity index (χ3v) is 4.66. The van der Waals surface area contributed by atoms with Crippen LogP contribution in [0.15, 0.2) is 0 Å². The van der Waals surface area contributed by atoms with Gasteiger partial charge in [0.05, 0.1) is 25.4 Å². The van der Waals surface area contributed by atoms with Gasteiger partial charge in [0.15, 0.2) is 6.29 Å². The fourth-order valence-electron chi connectivity index (χ4n) is 3.22. The first-order valence-corrected chi connectivity index (χ1v) is 8.38. The molecule has 10 atom stereocenters. The summed E-state index contributed by atoms with van der Waals surface area (Å²) in [4.78, 5) is 11.5. The average Bonchev–Trinajstić information content (AvgIpc) is 2.60. The number of hydrogen-bond donors (Lipinski definition) is 7. The minimum atomic E-state index is -1.66. The summed E-state index contributed by atoms with van der Waals surface area (Å²) in [6, 6.07) is -0.835. The molecule has 2 saturated heterocycles. The molecule has 0 aromatic heterocycles. The summed E-state index contributed by atoms with van der Waals surface area (Å²) in [5.74, 6) is -0.414. The van der Waals surface area contributed by atoms with Gasteiger partial charge in [-0.25, -0.2) is 0 Å². The van der Waals surface area contributed by atoms with Gasteiger partial charge in [0, 0.05) is 6.92 Å². The average molecular weight is 381 g/mol. The zero-order valence-corrected chi connectivity index (χ0v) is 14.5. The molecule has 2 fully saturated rings. The highest BCUT2D eigenvalue weighted by Gasteiger charge is 2.50. The van der Waals surface area contributed by atoms with E-state index in [1.165, 1.54) is 6.92 Å². The van der Waals surface area contributed by atoms with Crippen molar-refractivity contribution in [1.29, 1.82) is 0 Å². The number of aliphatic hydroxyl groups is 6. The van der Waals surface area contributed by atoms with Crippen molar-refractivity contribution >= 4 is 5.91 Å². The first-order valence-electron chi connectivity index (χ1n) is 8.38. The first kappa shape index (κ1) is 21.4. The molecule has 2 aliphatic rings. The Morgan fingerprint density at radius 2 is 1.54 bits per heavy atom. The van der Waals surface area contributed by atoms with Crippen molar-refractivity contribution in [3.63, 3.8) is 0 Å². The highest BCUT2D eigenvalue weighted by atomic mass is 16.7. The Kier molecular flexibility index (Phi) is 7.30. The molecule has 4 unspecified atom stereocenters. The van der Waals surface area contributed by atoms with Gasteiger partial charge in [0.2, 0.25) is 5.91 Å². The number of carbonyl (C=O) groups excluding carboxylic acids is 1. The summed E-state index contributed by atoms with van der Waals surface area (Å²) in [5.41, 5.74) is 0. The van der Waals surface area contributed by atoms with Crippen LogP contribution in [-0.2, 0) is 19.0 Å². The van der Waals surface area contributed by atoms with Gasteiger partial charge in [-0.05, 0) is 6.92 Å². The molecule has 11 heteroatoms. The molecule has 0 aliphatic carbocycles. The molecule has 2 heterocycles. The molecule has 152 valence electrons. The molecule has 0 saturated carbocycles. The van der Waals surface area contributed by atoms with Crippen LogP contribution in [-0.4, -0.2) is 111 Å². The summed E-state index contributed by atoms with van der Waals surface area (Å²) < 4.78 is 16.4. The van der Waals surface area contributed by atoms with Gasteiger partial charge in [0.1, 0.15) is 42.7 Å². The van der Waals surface area contributed by atoms with E-state index in [1.54, 1.807) is 6.92 Å². The molecule has 0 bridgehead atoms. The Bertz CT molecular complexity index is 477. The van der Waals surface area contributed by atoms with Crippen molar-refractivity contribution in [2.45, 2.75) is 75.0 Å². The molecule has 0 spiro atoms. The van der Waals surface area contributed by atoms with Crippen LogP contribution in [0.2, 0.25) is 0 Å². The maximum Gasteiger partial charge on any atom is 0.217 e. The first-order chi connectivity index (χ1) is 12.2. The lowest BCUT2D eigenvalue weighted by Crippen LogP contribution is -2.67. The lowest BCUT2D eigenvalue weighted by atomic mass is 9.92. The third-order valence-electron chi connectivity index (χ3n) is 4.66. The number of rotatable bonds is 5. The van der Waals surface area contributed by atoms with Gasteiger partial charge < -0.3 is 50.2 Å². The third kappa shape index (κ3) is 4.32. The number of ether oxygens (including phenoxy) is 3. The molecule has 0 aromatic rings. The quantitative estimate of drug-likeness (QED) is 0.247. The van der Waals surface area contributed by atoms with E-state index in [0.717, 1.165) is 0 Å². The standard InChI is InChI=1S/C15H27NO10/c1-5-9(16-6(2)19)14(11(21)8(4-18)24-5)26-15-13(23)12(22)10(20)7(3-17)25-15/h5,7-15,17-18,20-23H,3-4H2,1-2H3,(H,16,19)/t5-,7?,8?,9?,10-,11-,12-,13?,14+,15+/m0/s1. The van der Waals surface area contributed by atoms with E-state index in [9.17, 15) is 35.4 Å². The van der Waals surface area contributed by atoms with Crippen LogP contribution >= 0.6 is 0 Å². The lowest BCUT2D eigenvalue weighted by molar-refractivity contribution is -0.331. The maximum absolute atomic E-state index is 11.5. The zero-order chi connectivity index (χ0) is 19.6. The van der Waals surface area contributed by atoms with Crippen LogP contribution in [0.5, 0.6) is 0 Å². The van der Waals surface area contributed by atoms with Crippen molar-refractivity contribution in [3.8, 4) is 0 Å². The Hall–Kier alpha value is -0.890. The molecular weight excluding hydrogens is 354 g/mol. The number of nitrogens with one attached hydrogen (secondary N) is 1. The van der Waals surface area contributed by atoms with E-state index in [1.807, 2.05) is 0 Å². The van der Waals surface area contributed by atoms with Crippen molar-refractivity contribution in [1.82, 2.24) is 5.32 Å². The van der Waals surface area contributed by atoms with Crippen molar-refractivity contribution in [3.05, 3.63) is 0 Å². The van der Waals surface area contributed by atoms with Crippen LogP contribution in [0.1, 0.15) is 13.8 Å². The summed E-state index contributed by atoms with van der Waals surface area (Å²) in [7, 11) is 0. The van der Waals surface area contributed by atoms with Crippen LogP contribution in [0.25, 0.3) is 0 Å². The Balaban J connectivity index is 2.21. The SMILES string of the molecule is CC(=O)NC1[C@H](C)OC(CO)[C@H](O)[C@@H]1O[C@H]1OC(CO)[C@H](O)[C@H](O)C1O. The zero-order valence-electron chi connectivity index (χ0n) is 14.5. The summed E-state index contributed by atoms with van der Waals surface area (Å²) in [6.45, 7) is 1.74. The second kappa shape index (κ2) is 8.87. The largest absolute Gasteiger partial charge is 0.394 e. The van der Waals surface area contributed by atoms with Gasteiger partial charge in [-0.1, -0.05) is 0 Å². The highest BCUT2D eigenvalue weighted by Crippen LogP contribution is 2.29. The van der Waals surface area contributed by atoms with Crippen LogP contribution < -0.4 is 5.32 Å². The molecule has 2 rings (SSSR count). The van der Waals surface area contributed by atoms with Crippen LogP contribution in [0, 0.1) is 0 Å². The summed E-state index contributed by atoms with van der Waals surface area (Å²) >= 11 is 0. The number of aliphatic hydroxyl groups excluding tert-OH is 6. The van der Waals surface area contributed by atoms with Crippen LogP contribution in [0.4, 0.5) is 0 Å². The Labute approximate surface area is 150 Å². The molecule has 11 nitrogen and oxygen atoms in total. The normalized spacial score (nSPS) is 46.8. The Morgan fingerprint density at radius 3 is 2.08 bits per heavy atom. The van der Waals surface area contributed by atoms with Crippen molar-refractivity contribution < 1.29 is 49.6 Å². The highest BCUT2D eigenvalue weighted by molar-refractivity contribution is 5.73.